The van der Waals surface area contributed by atoms with Crippen molar-refractivity contribution >= 4 is 17.9 Å². The molecular weight excluding hydrogens is 937 g/mol. The van der Waals surface area contributed by atoms with Crippen LogP contribution in [0.5, 0.6) is 0 Å². The summed E-state index contributed by atoms with van der Waals surface area (Å²) in [6, 6.07) is 0. The number of ether oxygens (including phenoxy) is 3. The van der Waals surface area contributed by atoms with Gasteiger partial charge in [-0.25, -0.2) is 0 Å². The molecule has 0 heterocycles. The second kappa shape index (κ2) is 64.1. The van der Waals surface area contributed by atoms with E-state index in [2.05, 4.69) is 106 Å². The SMILES string of the molecule is CC/C=C\C/C=C\C/C=C\C/C=C\CCCCCCCCCCCCCCCCC(=O)OCC(COC(=O)CCCCC/C=C\C/C=C\C/C=C\CC)OC(=O)CCCCCCCCCCCCCCCCCCCC. The van der Waals surface area contributed by atoms with Gasteiger partial charge >= 0.3 is 17.9 Å². The molecule has 1 atom stereocenters. The molecule has 0 radical (unpaired) electrons. The zero-order chi connectivity index (χ0) is 55.0. The van der Waals surface area contributed by atoms with Crippen LogP contribution in [0.3, 0.4) is 0 Å². The van der Waals surface area contributed by atoms with Gasteiger partial charge in [-0.05, 0) is 89.9 Å². The molecule has 0 aliphatic rings. The molecular formula is C70H122O6. The van der Waals surface area contributed by atoms with Crippen LogP contribution in [0, 0.1) is 0 Å². The summed E-state index contributed by atoms with van der Waals surface area (Å²) in [7, 11) is 0. The number of unbranched alkanes of at least 4 members (excludes halogenated alkanes) is 34. The van der Waals surface area contributed by atoms with E-state index in [-0.39, 0.29) is 31.1 Å². The summed E-state index contributed by atoms with van der Waals surface area (Å²) in [5, 5.41) is 0. The average Bonchev–Trinajstić information content (AvgIpc) is 3.42. The minimum absolute atomic E-state index is 0.0827. The first kappa shape index (κ1) is 72.6. The first-order valence-electron chi connectivity index (χ1n) is 32.6. The highest BCUT2D eigenvalue weighted by atomic mass is 16.6. The van der Waals surface area contributed by atoms with Crippen molar-refractivity contribution in [3.8, 4) is 0 Å². The van der Waals surface area contributed by atoms with Gasteiger partial charge in [0.1, 0.15) is 13.2 Å². The van der Waals surface area contributed by atoms with Crippen molar-refractivity contribution in [1.29, 1.82) is 0 Å². The number of carbonyl (C=O) groups is 3. The van der Waals surface area contributed by atoms with Gasteiger partial charge in [-0.1, -0.05) is 298 Å². The average molecular weight is 1060 g/mol. The number of rotatable bonds is 59. The van der Waals surface area contributed by atoms with Crippen molar-refractivity contribution in [3.63, 3.8) is 0 Å². The third-order valence-corrected chi connectivity index (χ3v) is 14.1. The zero-order valence-electron chi connectivity index (χ0n) is 50.3. The highest BCUT2D eigenvalue weighted by molar-refractivity contribution is 5.71. The quantitative estimate of drug-likeness (QED) is 0.0261. The molecule has 0 aromatic rings. The standard InChI is InChI=1S/C70H122O6/c1-4-7-10-13-16-19-22-25-27-29-31-32-33-34-35-36-37-38-39-41-42-45-48-51-54-57-60-63-69(72)75-66-67(65-74-68(71)62-59-56-53-50-47-44-24-21-18-15-12-9-6-3)76-70(73)64-61-58-55-52-49-46-43-40-30-28-26-23-20-17-14-11-8-5-2/h7,9-10,12,16,18-19,21,25,27,31-32,44,47,67H,4-6,8,11,13-15,17,20,22-24,26,28-30,33-43,45-46,48-66H2,1-3H3/b10-7-,12-9-,19-16-,21-18-,27-25-,32-31-,47-44-. The first-order chi connectivity index (χ1) is 37.5. The van der Waals surface area contributed by atoms with Gasteiger partial charge in [0.25, 0.3) is 0 Å². The summed E-state index contributed by atoms with van der Waals surface area (Å²) >= 11 is 0. The Morgan fingerprint density at radius 2 is 0.513 bits per heavy atom. The minimum atomic E-state index is -0.787. The molecule has 0 rings (SSSR count). The Morgan fingerprint density at radius 1 is 0.276 bits per heavy atom. The lowest BCUT2D eigenvalue weighted by Crippen LogP contribution is -2.30. The molecule has 0 aliphatic carbocycles. The molecule has 438 valence electrons. The Morgan fingerprint density at radius 3 is 0.816 bits per heavy atom. The Kier molecular flexibility index (Phi) is 61.2. The van der Waals surface area contributed by atoms with E-state index in [9.17, 15) is 14.4 Å². The number of hydrogen-bond donors (Lipinski definition) is 0. The summed E-state index contributed by atoms with van der Waals surface area (Å²) in [5.41, 5.74) is 0. The summed E-state index contributed by atoms with van der Waals surface area (Å²) < 4.78 is 16.9. The van der Waals surface area contributed by atoms with Crippen molar-refractivity contribution in [2.75, 3.05) is 13.2 Å². The highest BCUT2D eigenvalue weighted by Gasteiger charge is 2.19. The molecule has 0 saturated carbocycles. The Hall–Kier alpha value is -3.41. The topological polar surface area (TPSA) is 78.9 Å². The van der Waals surface area contributed by atoms with Gasteiger partial charge in [-0.15, -0.1) is 0 Å². The van der Waals surface area contributed by atoms with Gasteiger partial charge in [-0.2, -0.15) is 0 Å². The van der Waals surface area contributed by atoms with Crippen LogP contribution < -0.4 is 0 Å². The van der Waals surface area contributed by atoms with Crippen LogP contribution in [0.1, 0.15) is 323 Å². The smallest absolute Gasteiger partial charge is 0.306 e. The van der Waals surface area contributed by atoms with E-state index in [1.54, 1.807) is 0 Å². The Labute approximate surface area is 471 Å². The maximum atomic E-state index is 12.9. The van der Waals surface area contributed by atoms with E-state index < -0.39 is 6.10 Å². The number of hydrogen-bond acceptors (Lipinski definition) is 6. The van der Waals surface area contributed by atoms with E-state index in [1.807, 2.05) is 0 Å². The predicted octanol–water partition coefficient (Wildman–Crippen LogP) is 22.3. The van der Waals surface area contributed by atoms with Crippen LogP contribution in [0.25, 0.3) is 0 Å². The molecule has 0 aromatic heterocycles. The van der Waals surface area contributed by atoms with Crippen LogP contribution >= 0.6 is 0 Å². The summed E-state index contributed by atoms with van der Waals surface area (Å²) in [5.74, 6) is -0.898. The molecule has 0 aromatic carbocycles. The van der Waals surface area contributed by atoms with E-state index in [0.717, 1.165) is 109 Å². The molecule has 6 heteroatoms. The van der Waals surface area contributed by atoms with Crippen molar-refractivity contribution < 1.29 is 28.6 Å². The summed E-state index contributed by atoms with van der Waals surface area (Å²) in [4.78, 5) is 38.3. The summed E-state index contributed by atoms with van der Waals surface area (Å²) in [6.07, 6.45) is 84.6. The van der Waals surface area contributed by atoms with Gasteiger partial charge in [0.2, 0.25) is 0 Å². The molecule has 0 saturated heterocycles. The van der Waals surface area contributed by atoms with Crippen molar-refractivity contribution in [1.82, 2.24) is 0 Å². The van der Waals surface area contributed by atoms with Crippen molar-refractivity contribution in [2.45, 2.75) is 329 Å². The molecule has 0 N–H and O–H groups in total. The Bertz CT molecular complexity index is 1450. The van der Waals surface area contributed by atoms with Crippen molar-refractivity contribution in [3.05, 3.63) is 85.1 Å². The molecule has 0 spiro atoms. The number of allylic oxidation sites excluding steroid dienone is 14. The monoisotopic (exact) mass is 1060 g/mol. The molecule has 0 amide bonds. The lowest BCUT2D eigenvalue weighted by Gasteiger charge is -2.18. The lowest BCUT2D eigenvalue weighted by atomic mass is 10.0. The number of carbonyl (C=O) groups excluding carboxylic acids is 3. The van der Waals surface area contributed by atoms with Gasteiger partial charge in [0.05, 0.1) is 0 Å². The fourth-order valence-electron chi connectivity index (χ4n) is 9.33. The second-order valence-corrected chi connectivity index (χ2v) is 21.6. The zero-order valence-corrected chi connectivity index (χ0v) is 50.3. The van der Waals surface area contributed by atoms with Crippen LogP contribution in [0.15, 0.2) is 85.1 Å². The van der Waals surface area contributed by atoms with Gasteiger partial charge in [0, 0.05) is 19.3 Å². The Balaban J connectivity index is 4.26. The maximum Gasteiger partial charge on any atom is 0.306 e. The normalized spacial score (nSPS) is 12.6. The van der Waals surface area contributed by atoms with Crippen LogP contribution in [0.2, 0.25) is 0 Å². The third-order valence-electron chi connectivity index (χ3n) is 14.1. The second-order valence-electron chi connectivity index (χ2n) is 21.6. The predicted molar refractivity (Wildman–Crippen MR) is 330 cm³/mol. The van der Waals surface area contributed by atoms with Crippen LogP contribution in [0.4, 0.5) is 0 Å². The minimum Gasteiger partial charge on any atom is -0.462 e. The van der Waals surface area contributed by atoms with E-state index in [1.165, 1.54) is 173 Å². The maximum absolute atomic E-state index is 12.9. The molecule has 0 bridgehead atoms. The van der Waals surface area contributed by atoms with Crippen molar-refractivity contribution in [2.24, 2.45) is 0 Å². The molecule has 76 heavy (non-hydrogen) atoms. The third kappa shape index (κ3) is 61.4. The lowest BCUT2D eigenvalue weighted by molar-refractivity contribution is -0.167. The largest absolute Gasteiger partial charge is 0.462 e. The molecule has 1 unspecified atom stereocenters. The highest BCUT2D eigenvalue weighted by Crippen LogP contribution is 2.17. The fourth-order valence-corrected chi connectivity index (χ4v) is 9.33. The molecule has 6 nitrogen and oxygen atoms in total. The summed E-state index contributed by atoms with van der Waals surface area (Å²) in [6.45, 7) is 6.43. The fraction of sp³-hybridized carbons (Fsp3) is 0.757. The number of esters is 3. The molecule has 0 fully saturated rings. The van der Waals surface area contributed by atoms with E-state index >= 15 is 0 Å². The van der Waals surface area contributed by atoms with Gasteiger partial charge in [0.15, 0.2) is 6.10 Å². The molecule has 0 aliphatic heterocycles. The van der Waals surface area contributed by atoms with Crippen LogP contribution in [-0.4, -0.2) is 37.2 Å². The van der Waals surface area contributed by atoms with E-state index in [4.69, 9.17) is 14.2 Å². The first-order valence-corrected chi connectivity index (χ1v) is 32.6. The van der Waals surface area contributed by atoms with Gasteiger partial charge in [-0.3, -0.25) is 14.4 Å². The van der Waals surface area contributed by atoms with Gasteiger partial charge < -0.3 is 14.2 Å². The van der Waals surface area contributed by atoms with E-state index in [0.29, 0.717) is 19.3 Å². The van der Waals surface area contributed by atoms with Crippen LogP contribution in [-0.2, 0) is 28.6 Å².